The Labute approximate surface area is 173 Å². The van der Waals surface area contributed by atoms with Crippen molar-refractivity contribution in [1.29, 1.82) is 0 Å². The first kappa shape index (κ1) is 20.8. The smallest absolute Gasteiger partial charge is 0.343 e. The highest BCUT2D eigenvalue weighted by Gasteiger charge is 2.23. The molecule has 0 aromatic heterocycles. The van der Waals surface area contributed by atoms with Crippen molar-refractivity contribution in [2.45, 2.75) is 25.3 Å². The molecule has 156 valence electrons. The molecule has 30 heavy (non-hydrogen) atoms. The molecular formula is C21H22N4O5. The summed E-state index contributed by atoms with van der Waals surface area (Å²) < 4.78 is 10.3. The van der Waals surface area contributed by atoms with E-state index in [0.29, 0.717) is 22.6 Å². The monoisotopic (exact) mass is 410 g/mol. The summed E-state index contributed by atoms with van der Waals surface area (Å²) in [5.41, 5.74) is 12.1. The van der Waals surface area contributed by atoms with Crippen LogP contribution in [-0.4, -0.2) is 36.5 Å². The summed E-state index contributed by atoms with van der Waals surface area (Å²) >= 11 is 0. The minimum atomic E-state index is -0.542. The number of guanidine groups is 1. The van der Waals surface area contributed by atoms with Gasteiger partial charge in [-0.3, -0.25) is 9.59 Å². The molecule has 0 aliphatic heterocycles. The van der Waals surface area contributed by atoms with Crippen LogP contribution in [0.4, 0.5) is 5.69 Å². The van der Waals surface area contributed by atoms with Crippen LogP contribution in [0, 0.1) is 0 Å². The van der Waals surface area contributed by atoms with Crippen molar-refractivity contribution in [2.24, 2.45) is 16.5 Å². The van der Waals surface area contributed by atoms with E-state index in [0.717, 1.165) is 12.8 Å². The zero-order chi connectivity index (χ0) is 21.5. The number of aliphatic imine (C=N–C) groups is 1. The summed E-state index contributed by atoms with van der Waals surface area (Å²) in [5.74, 6) is -1.09. The van der Waals surface area contributed by atoms with Crippen molar-refractivity contribution in [1.82, 2.24) is 5.32 Å². The van der Waals surface area contributed by atoms with Crippen molar-refractivity contribution >= 4 is 29.5 Å². The summed E-state index contributed by atoms with van der Waals surface area (Å²) in [5, 5.41) is 2.74. The van der Waals surface area contributed by atoms with Crippen LogP contribution in [0.1, 0.15) is 28.8 Å². The zero-order valence-corrected chi connectivity index (χ0v) is 16.2. The number of amides is 1. The maximum atomic E-state index is 12.2. The predicted molar refractivity (Wildman–Crippen MR) is 109 cm³/mol. The molecule has 0 atom stereocenters. The number of carbonyl (C=O) groups is 3. The van der Waals surface area contributed by atoms with E-state index in [-0.39, 0.29) is 30.9 Å². The number of benzene rings is 2. The van der Waals surface area contributed by atoms with Crippen LogP contribution in [0.5, 0.6) is 5.75 Å². The fraction of sp³-hybridized carbons (Fsp3) is 0.238. The lowest BCUT2D eigenvalue weighted by atomic mass is 10.1. The van der Waals surface area contributed by atoms with E-state index in [4.69, 9.17) is 20.9 Å². The highest BCUT2D eigenvalue weighted by molar-refractivity contribution is 5.91. The number of ether oxygens (including phenoxy) is 2. The lowest BCUT2D eigenvalue weighted by molar-refractivity contribution is -0.147. The molecule has 0 radical (unpaired) electrons. The van der Waals surface area contributed by atoms with Gasteiger partial charge in [0.1, 0.15) is 5.75 Å². The van der Waals surface area contributed by atoms with Crippen LogP contribution in [-0.2, 0) is 20.7 Å². The number of nitrogens with zero attached hydrogens (tertiary/aromatic N) is 1. The molecule has 5 N–H and O–H groups in total. The lowest BCUT2D eigenvalue weighted by Gasteiger charge is -2.07. The third-order valence-corrected chi connectivity index (χ3v) is 4.15. The normalized spacial score (nSPS) is 12.5. The molecule has 0 saturated heterocycles. The Morgan fingerprint density at radius 2 is 1.67 bits per heavy atom. The van der Waals surface area contributed by atoms with Gasteiger partial charge in [-0.15, -0.1) is 0 Å². The molecule has 1 aliphatic rings. The number of hydrogen-bond donors (Lipinski definition) is 3. The minimum Gasteiger partial charge on any atom is -0.455 e. The molecule has 1 saturated carbocycles. The Balaban J connectivity index is 1.47. The Kier molecular flexibility index (Phi) is 6.63. The quantitative estimate of drug-likeness (QED) is 0.256. The van der Waals surface area contributed by atoms with Gasteiger partial charge in [0, 0.05) is 6.04 Å². The van der Waals surface area contributed by atoms with Gasteiger partial charge in [0.2, 0.25) is 0 Å². The minimum absolute atomic E-state index is 0.0111. The van der Waals surface area contributed by atoms with E-state index >= 15 is 0 Å². The maximum Gasteiger partial charge on any atom is 0.343 e. The summed E-state index contributed by atoms with van der Waals surface area (Å²) in [6, 6.07) is 13.0. The predicted octanol–water partition coefficient (Wildman–Crippen LogP) is 1.18. The summed E-state index contributed by atoms with van der Waals surface area (Å²) in [6.45, 7) is -0.285. The highest BCUT2D eigenvalue weighted by atomic mass is 16.5. The Hall–Kier alpha value is -3.88. The van der Waals surface area contributed by atoms with E-state index in [1.54, 1.807) is 48.5 Å². The van der Waals surface area contributed by atoms with Crippen LogP contribution in [0.15, 0.2) is 53.5 Å². The molecule has 3 rings (SSSR count). The molecular weight excluding hydrogens is 388 g/mol. The first-order valence-corrected chi connectivity index (χ1v) is 9.35. The van der Waals surface area contributed by atoms with Crippen LogP contribution in [0.3, 0.4) is 0 Å². The van der Waals surface area contributed by atoms with Crippen LogP contribution in [0.2, 0.25) is 0 Å². The van der Waals surface area contributed by atoms with Gasteiger partial charge in [-0.05, 0) is 54.8 Å². The summed E-state index contributed by atoms with van der Waals surface area (Å²) in [6.07, 6.45) is 1.96. The van der Waals surface area contributed by atoms with Crippen molar-refractivity contribution in [3.63, 3.8) is 0 Å². The Morgan fingerprint density at radius 1 is 1.00 bits per heavy atom. The van der Waals surface area contributed by atoms with Crippen molar-refractivity contribution in [3.8, 4) is 5.75 Å². The number of nitrogens with one attached hydrogen (secondary N) is 1. The van der Waals surface area contributed by atoms with Crippen molar-refractivity contribution < 1.29 is 23.9 Å². The number of nitrogens with two attached hydrogens (primary N) is 2. The largest absolute Gasteiger partial charge is 0.455 e. The van der Waals surface area contributed by atoms with E-state index in [2.05, 4.69) is 10.3 Å². The first-order chi connectivity index (χ1) is 14.4. The van der Waals surface area contributed by atoms with Gasteiger partial charge in [-0.2, -0.15) is 0 Å². The SMILES string of the molecule is NC(N)=Nc1ccc(C(=O)Oc2ccc(CC(=O)OCC(=O)NC3CC3)cc2)cc1. The molecule has 0 heterocycles. The number of carbonyl (C=O) groups excluding carboxylic acids is 3. The Morgan fingerprint density at radius 3 is 2.27 bits per heavy atom. The molecule has 0 unspecified atom stereocenters. The molecule has 1 fully saturated rings. The van der Waals surface area contributed by atoms with Gasteiger partial charge in [-0.25, -0.2) is 9.79 Å². The molecule has 2 aromatic carbocycles. The summed E-state index contributed by atoms with van der Waals surface area (Å²) in [7, 11) is 0. The third kappa shape index (κ3) is 6.62. The van der Waals surface area contributed by atoms with E-state index < -0.39 is 11.9 Å². The number of rotatable bonds is 8. The van der Waals surface area contributed by atoms with Gasteiger partial charge in [0.15, 0.2) is 12.6 Å². The molecule has 1 amide bonds. The van der Waals surface area contributed by atoms with E-state index in [9.17, 15) is 14.4 Å². The van der Waals surface area contributed by atoms with E-state index in [1.807, 2.05) is 0 Å². The molecule has 1 aliphatic carbocycles. The molecule has 9 heteroatoms. The topological polar surface area (TPSA) is 146 Å². The second-order valence-corrected chi connectivity index (χ2v) is 6.80. The first-order valence-electron chi connectivity index (χ1n) is 9.35. The van der Waals surface area contributed by atoms with Gasteiger partial charge < -0.3 is 26.3 Å². The molecule has 2 aromatic rings. The fourth-order valence-electron chi connectivity index (χ4n) is 2.52. The summed E-state index contributed by atoms with van der Waals surface area (Å²) in [4.78, 5) is 39.5. The third-order valence-electron chi connectivity index (χ3n) is 4.15. The van der Waals surface area contributed by atoms with Gasteiger partial charge in [0.25, 0.3) is 5.91 Å². The van der Waals surface area contributed by atoms with Crippen molar-refractivity contribution in [3.05, 3.63) is 59.7 Å². The van der Waals surface area contributed by atoms with Crippen LogP contribution >= 0.6 is 0 Å². The molecule has 9 nitrogen and oxygen atoms in total. The van der Waals surface area contributed by atoms with Crippen molar-refractivity contribution in [2.75, 3.05) is 6.61 Å². The second kappa shape index (κ2) is 9.55. The number of esters is 2. The maximum absolute atomic E-state index is 12.2. The zero-order valence-electron chi connectivity index (χ0n) is 16.2. The van der Waals surface area contributed by atoms with Crippen LogP contribution in [0.25, 0.3) is 0 Å². The Bertz CT molecular complexity index is 946. The molecule has 0 spiro atoms. The van der Waals surface area contributed by atoms with Gasteiger partial charge in [-0.1, -0.05) is 12.1 Å². The number of hydrogen-bond acceptors (Lipinski definition) is 6. The van der Waals surface area contributed by atoms with Crippen LogP contribution < -0.4 is 21.5 Å². The van der Waals surface area contributed by atoms with Gasteiger partial charge >= 0.3 is 11.9 Å². The fourth-order valence-corrected chi connectivity index (χ4v) is 2.52. The molecule has 0 bridgehead atoms. The van der Waals surface area contributed by atoms with E-state index in [1.165, 1.54) is 0 Å². The highest BCUT2D eigenvalue weighted by Crippen LogP contribution is 2.19. The standard InChI is InChI=1S/C21H22N4O5/c22-21(23)25-16-5-3-14(4-6-16)20(28)30-17-9-1-13(2-10-17)11-19(27)29-12-18(26)24-15-7-8-15/h1-6,9-10,15H,7-8,11-12H2,(H,24,26)(H4,22,23,25). The average molecular weight is 410 g/mol. The lowest BCUT2D eigenvalue weighted by Crippen LogP contribution is -2.30. The average Bonchev–Trinajstić information content (AvgIpc) is 3.52. The second-order valence-electron chi connectivity index (χ2n) is 6.80. The van der Waals surface area contributed by atoms with Gasteiger partial charge in [0.05, 0.1) is 17.7 Å².